The van der Waals surface area contributed by atoms with Crippen LogP contribution in [0.2, 0.25) is 5.02 Å². The molecular weight excluding hydrogens is 483 g/mol. The van der Waals surface area contributed by atoms with Crippen LogP contribution in [0.25, 0.3) is 0 Å². The zero-order chi connectivity index (χ0) is 18.2. The molecule has 0 aliphatic carbocycles. The third-order valence-corrected chi connectivity index (χ3v) is 4.96. The minimum absolute atomic E-state index is 0. The summed E-state index contributed by atoms with van der Waals surface area (Å²) in [7, 11) is 3.71. The van der Waals surface area contributed by atoms with Crippen LogP contribution in [-0.2, 0) is 17.8 Å². The van der Waals surface area contributed by atoms with Gasteiger partial charge in [-0.3, -0.25) is 0 Å². The van der Waals surface area contributed by atoms with Gasteiger partial charge in [0.1, 0.15) is 11.1 Å². The van der Waals surface area contributed by atoms with Crippen molar-refractivity contribution < 1.29 is 4.74 Å². The van der Waals surface area contributed by atoms with Crippen molar-refractivity contribution in [3.63, 3.8) is 0 Å². The van der Waals surface area contributed by atoms with E-state index in [0.717, 1.165) is 33.8 Å². The molecule has 26 heavy (non-hydrogen) atoms. The Morgan fingerprint density at radius 1 is 1.46 bits per heavy atom. The molecule has 0 aliphatic heterocycles. The lowest BCUT2D eigenvalue weighted by Gasteiger charge is -2.21. The van der Waals surface area contributed by atoms with Gasteiger partial charge in [-0.05, 0) is 31.5 Å². The van der Waals surface area contributed by atoms with Crippen LogP contribution < -0.4 is 5.32 Å². The normalized spacial score (nSPS) is 12.4. The molecule has 0 saturated heterocycles. The Balaban J connectivity index is 0.00000338. The van der Waals surface area contributed by atoms with Gasteiger partial charge >= 0.3 is 0 Å². The Hall–Kier alpha value is -0.900. The highest BCUT2D eigenvalue weighted by molar-refractivity contribution is 14.0. The first-order valence-corrected chi connectivity index (χ1v) is 9.50. The molecule has 1 heterocycles. The van der Waals surface area contributed by atoms with Gasteiger partial charge in [0.25, 0.3) is 0 Å². The molecule has 0 amide bonds. The number of methoxy groups -OCH3 is 1. The number of thiazole rings is 1. The lowest BCUT2D eigenvalue weighted by atomic mass is 10.2. The predicted molar refractivity (Wildman–Crippen MR) is 121 cm³/mol. The van der Waals surface area contributed by atoms with E-state index >= 15 is 0 Å². The summed E-state index contributed by atoms with van der Waals surface area (Å²) < 4.78 is 5.33. The molecule has 1 atom stereocenters. The molecule has 1 N–H and O–H groups in total. The summed E-state index contributed by atoms with van der Waals surface area (Å²) >= 11 is 7.66. The highest BCUT2D eigenvalue weighted by Crippen LogP contribution is 2.21. The fourth-order valence-electron chi connectivity index (χ4n) is 2.27. The monoisotopic (exact) mass is 508 g/mol. The minimum atomic E-state index is 0. The van der Waals surface area contributed by atoms with Crippen molar-refractivity contribution in [1.29, 1.82) is 0 Å². The third kappa shape index (κ3) is 7.02. The van der Waals surface area contributed by atoms with E-state index < -0.39 is 0 Å². The average Bonchev–Trinajstić information content (AvgIpc) is 3.06. The quantitative estimate of drug-likeness (QED) is 0.334. The van der Waals surface area contributed by atoms with E-state index in [1.54, 1.807) is 18.4 Å². The second-order valence-corrected chi connectivity index (χ2v) is 7.04. The van der Waals surface area contributed by atoms with E-state index in [-0.39, 0.29) is 30.1 Å². The third-order valence-electron chi connectivity index (χ3n) is 3.67. The van der Waals surface area contributed by atoms with E-state index in [1.165, 1.54) is 0 Å². The van der Waals surface area contributed by atoms with E-state index in [9.17, 15) is 0 Å². The number of ether oxygens (including phenoxy) is 1. The molecule has 0 spiro atoms. The highest BCUT2D eigenvalue weighted by Gasteiger charge is 2.12. The summed E-state index contributed by atoms with van der Waals surface area (Å²) in [6, 6.07) is 7.77. The summed E-state index contributed by atoms with van der Waals surface area (Å²) in [6.45, 7) is 6.14. The lowest BCUT2D eigenvalue weighted by molar-refractivity contribution is 0.119. The van der Waals surface area contributed by atoms with Crippen molar-refractivity contribution >= 4 is 52.9 Å². The summed E-state index contributed by atoms with van der Waals surface area (Å²) in [5, 5.41) is 7.12. The topological polar surface area (TPSA) is 49.8 Å². The van der Waals surface area contributed by atoms with Crippen LogP contribution in [0.1, 0.15) is 36.2 Å². The van der Waals surface area contributed by atoms with Gasteiger partial charge in [0.2, 0.25) is 0 Å². The number of nitrogens with one attached hydrogen (secondary N) is 1. The van der Waals surface area contributed by atoms with Gasteiger partial charge in [-0.2, -0.15) is 0 Å². The van der Waals surface area contributed by atoms with Crippen molar-refractivity contribution in [3.05, 3.63) is 50.9 Å². The SMILES string of the molecule is CCNC(=NCc1cccc(Cl)c1)N(C)Cc1csc(C(C)OC)n1.I. The molecule has 2 aromatic rings. The molecule has 0 saturated carbocycles. The number of aliphatic imine (C=N–C) groups is 1. The van der Waals surface area contributed by atoms with Crippen molar-refractivity contribution in [2.75, 3.05) is 20.7 Å². The number of hydrogen-bond acceptors (Lipinski definition) is 4. The molecule has 0 fully saturated rings. The average molecular weight is 509 g/mol. The molecule has 2 rings (SSSR count). The summed E-state index contributed by atoms with van der Waals surface area (Å²) in [5.41, 5.74) is 2.10. The number of hydrogen-bond donors (Lipinski definition) is 1. The number of rotatable bonds is 7. The molecule has 1 unspecified atom stereocenters. The number of nitrogens with zero attached hydrogens (tertiary/aromatic N) is 3. The first-order chi connectivity index (χ1) is 12.0. The molecule has 1 aromatic carbocycles. The summed E-state index contributed by atoms with van der Waals surface area (Å²) in [6.07, 6.45) is 0.0220. The van der Waals surface area contributed by atoms with Crippen molar-refractivity contribution in [1.82, 2.24) is 15.2 Å². The molecule has 5 nitrogen and oxygen atoms in total. The molecule has 8 heteroatoms. The molecule has 0 bridgehead atoms. The molecule has 0 aliphatic rings. The fraction of sp³-hybridized carbons (Fsp3) is 0.444. The molecule has 1 aromatic heterocycles. The maximum Gasteiger partial charge on any atom is 0.194 e. The van der Waals surface area contributed by atoms with Crippen LogP contribution >= 0.6 is 46.9 Å². The number of guanidine groups is 1. The van der Waals surface area contributed by atoms with Crippen LogP contribution in [0.4, 0.5) is 0 Å². The van der Waals surface area contributed by atoms with Crippen LogP contribution in [-0.4, -0.2) is 36.5 Å². The highest BCUT2D eigenvalue weighted by atomic mass is 127. The number of aromatic nitrogens is 1. The van der Waals surface area contributed by atoms with E-state index in [0.29, 0.717) is 13.1 Å². The van der Waals surface area contributed by atoms with Gasteiger partial charge in [0, 0.05) is 31.1 Å². The van der Waals surface area contributed by atoms with Crippen LogP contribution in [0.5, 0.6) is 0 Å². The molecule has 144 valence electrons. The van der Waals surface area contributed by atoms with E-state index in [4.69, 9.17) is 21.3 Å². The summed E-state index contributed by atoms with van der Waals surface area (Å²) in [5.74, 6) is 0.844. The Kier molecular flexibility index (Phi) is 10.4. The molecule has 0 radical (unpaired) electrons. The fourth-order valence-corrected chi connectivity index (χ4v) is 3.33. The van der Waals surface area contributed by atoms with E-state index in [2.05, 4.69) is 27.5 Å². The van der Waals surface area contributed by atoms with Crippen molar-refractivity contribution in [2.24, 2.45) is 4.99 Å². The van der Waals surface area contributed by atoms with E-state index in [1.807, 2.05) is 38.2 Å². The van der Waals surface area contributed by atoms with Gasteiger partial charge in [-0.25, -0.2) is 9.98 Å². The first-order valence-electron chi connectivity index (χ1n) is 8.24. The first kappa shape index (κ1) is 23.1. The lowest BCUT2D eigenvalue weighted by Crippen LogP contribution is -2.38. The number of benzene rings is 1. The zero-order valence-corrected chi connectivity index (χ0v) is 19.4. The predicted octanol–water partition coefficient (Wildman–Crippen LogP) is 4.72. The maximum atomic E-state index is 6.04. The second-order valence-electron chi connectivity index (χ2n) is 5.71. The Morgan fingerprint density at radius 3 is 2.88 bits per heavy atom. The standard InChI is InChI=1S/C18H25ClN4OS.HI/c1-5-20-18(21-10-14-7-6-8-15(19)9-14)23(3)11-16-12-25-17(22-16)13(2)24-4;/h6-9,12-13H,5,10-11H2,1-4H3,(H,20,21);1H. The second kappa shape index (κ2) is 11.7. The van der Waals surface area contributed by atoms with Crippen molar-refractivity contribution in [3.8, 4) is 0 Å². The Bertz CT molecular complexity index is 710. The van der Waals surface area contributed by atoms with Crippen LogP contribution in [0.3, 0.4) is 0 Å². The Labute approximate surface area is 181 Å². The van der Waals surface area contributed by atoms with Crippen LogP contribution in [0.15, 0.2) is 34.6 Å². The van der Waals surface area contributed by atoms with Gasteiger partial charge < -0.3 is 15.0 Å². The minimum Gasteiger partial charge on any atom is -0.375 e. The van der Waals surface area contributed by atoms with Crippen molar-refractivity contribution in [2.45, 2.75) is 33.0 Å². The van der Waals surface area contributed by atoms with Gasteiger partial charge in [0.15, 0.2) is 5.96 Å². The molecular formula is C18H26ClIN4OS. The van der Waals surface area contributed by atoms with Gasteiger partial charge in [-0.15, -0.1) is 35.3 Å². The van der Waals surface area contributed by atoms with Crippen LogP contribution in [0, 0.1) is 0 Å². The maximum absolute atomic E-state index is 6.04. The zero-order valence-electron chi connectivity index (χ0n) is 15.5. The van der Waals surface area contributed by atoms with Gasteiger partial charge in [-0.1, -0.05) is 23.7 Å². The van der Waals surface area contributed by atoms with Gasteiger partial charge in [0.05, 0.1) is 18.8 Å². The summed E-state index contributed by atoms with van der Waals surface area (Å²) in [4.78, 5) is 11.4. The Morgan fingerprint density at radius 2 is 2.23 bits per heavy atom. The number of halogens is 2. The smallest absolute Gasteiger partial charge is 0.194 e. The largest absolute Gasteiger partial charge is 0.375 e.